The van der Waals surface area contributed by atoms with Crippen LogP contribution in [0.1, 0.15) is 105 Å². The highest BCUT2D eigenvalue weighted by atomic mass is 19.4. The van der Waals surface area contributed by atoms with E-state index in [0.29, 0.717) is 25.9 Å². The highest BCUT2D eigenvalue weighted by molar-refractivity contribution is 6.14. The Morgan fingerprint density at radius 2 is 1.43 bits per heavy atom. The molecular formula is C54H90F3N9O10. The van der Waals surface area contributed by atoms with E-state index in [0.717, 1.165) is 41.0 Å². The lowest BCUT2D eigenvalue weighted by Gasteiger charge is -2.43. The van der Waals surface area contributed by atoms with Gasteiger partial charge in [0.25, 0.3) is 11.8 Å². The number of hydrogen-bond acceptors (Lipinski definition) is 13. The number of methoxy groups -OCH3 is 2. The van der Waals surface area contributed by atoms with Gasteiger partial charge in [-0.15, -0.1) is 0 Å². The highest BCUT2D eigenvalue weighted by Crippen LogP contribution is 2.32. The number of benzene rings is 1. The zero-order valence-corrected chi connectivity index (χ0v) is 47.5. The number of nitrogens with zero attached hydrogens (tertiary/aromatic N) is 5. The largest absolute Gasteiger partial charge is 0.490 e. The second kappa shape index (κ2) is 30.2. The molecule has 3 rings (SSSR count). The minimum absolute atomic E-state index is 0.00961. The molecule has 19 nitrogen and oxygen atoms in total. The van der Waals surface area contributed by atoms with E-state index in [1.54, 1.807) is 38.0 Å². The van der Waals surface area contributed by atoms with Gasteiger partial charge in [0.15, 0.2) is 0 Å². The number of carbonyl (C=O) groups is 7. The summed E-state index contributed by atoms with van der Waals surface area (Å²) in [4.78, 5) is 96.8. The third kappa shape index (κ3) is 18.0. The second-order valence-electron chi connectivity index (χ2n) is 21.6. The Bertz CT molecular complexity index is 2100. The first kappa shape index (κ1) is 67.1. The van der Waals surface area contributed by atoms with Gasteiger partial charge in [0.05, 0.1) is 42.5 Å². The minimum atomic E-state index is -5.08. The summed E-state index contributed by atoms with van der Waals surface area (Å²) in [5, 5.41) is 9.92. The van der Waals surface area contributed by atoms with E-state index in [2.05, 4.69) is 37.9 Å². The summed E-state index contributed by atoms with van der Waals surface area (Å²) in [6, 6.07) is 5.21. The van der Waals surface area contributed by atoms with Crippen molar-refractivity contribution in [3.63, 3.8) is 0 Å². The number of aliphatic carboxylic acids is 1. The van der Waals surface area contributed by atoms with Gasteiger partial charge in [-0.05, 0) is 75.1 Å². The summed E-state index contributed by atoms with van der Waals surface area (Å²) in [6.07, 6.45) is -1.10. The van der Waals surface area contributed by atoms with Crippen molar-refractivity contribution in [2.45, 2.75) is 155 Å². The first-order chi connectivity index (χ1) is 35.3. The molecule has 1 saturated heterocycles. The number of amides is 6. The molecule has 76 heavy (non-hydrogen) atoms. The second-order valence-corrected chi connectivity index (χ2v) is 21.6. The Morgan fingerprint density at radius 3 is 1.92 bits per heavy atom. The zero-order chi connectivity index (χ0) is 58.3. The molecule has 8 N–H and O–H groups in total. The number of carbonyl (C=O) groups excluding carboxylic acids is 6. The fraction of sp³-hybridized carbons (Fsp3) is 0.722. The lowest BCUT2D eigenvalue weighted by Crippen LogP contribution is -2.59. The van der Waals surface area contributed by atoms with E-state index >= 15 is 0 Å². The molecular weight excluding hydrogens is 992 g/mol. The topological polar surface area (TPSA) is 264 Å². The standard InChI is InChI=1S/C52H89N9O8.C2HF3O2/c1-16-32(6)49(59(13)52(67)44(30(2)3)47(55)48(31(4)5)57(10)11)39(68-14)28-43(65)60-25-18-21-38(60)50(69-15)34(8)51(66)58(12)26-24-36-19-17-20-37(27-36)46(54)33(7)45(53)35(9)56-40(62)29-61-41(63)22-23-42(61)64;3-2(4,5)1(6)7/h17,19-20,22-23,27,30-35,38-39,44-50H,16,18,21,24-26,28-29,53-55H2,1-15H3,(H,56,62);(H,6,7)/t32-,33+,34+,35-,38-,39+,44-,45?,46?,47?,48-,49-,50+;/m0./s1. The van der Waals surface area contributed by atoms with Crippen molar-refractivity contribution < 1.29 is 61.3 Å². The first-order valence-electron chi connectivity index (χ1n) is 26.3. The summed E-state index contributed by atoms with van der Waals surface area (Å²) >= 11 is 0. The molecule has 0 saturated carbocycles. The van der Waals surface area contributed by atoms with E-state index in [1.165, 1.54) is 0 Å². The fourth-order valence-corrected chi connectivity index (χ4v) is 10.9. The molecule has 2 aliphatic heterocycles. The minimum Gasteiger partial charge on any atom is -0.475 e. The maximum Gasteiger partial charge on any atom is 0.490 e. The van der Waals surface area contributed by atoms with Gasteiger partial charge in [0.2, 0.25) is 23.6 Å². The summed E-state index contributed by atoms with van der Waals surface area (Å²) in [5.41, 5.74) is 22.1. The molecule has 0 bridgehead atoms. The van der Waals surface area contributed by atoms with E-state index < -0.39 is 84.6 Å². The van der Waals surface area contributed by atoms with Crippen molar-refractivity contribution in [2.24, 2.45) is 52.7 Å². The Balaban J connectivity index is 0.00000263. The maximum atomic E-state index is 14.6. The van der Waals surface area contributed by atoms with Crippen molar-refractivity contribution in [2.75, 3.05) is 62.0 Å². The number of likely N-dealkylation sites (tertiary alicyclic amines) is 1. The highest BCUT2D eigenvalue weighted by Gasteiger charge is 2.45. The molecule has 1 aromatic carbocycles. The molecule has 13 atom stereocenters. The average Bonchev–Trinajstić information content (AvgIpc) is 3.96. The summed E-state index contributed by atoms with van der Waals surface area (Å²) in [5.74, 6) is -5.59. The number of nitrogens with two attached hydrogens (primary N) is 3. The van der Waals surface area contributed by atoms with Crippen LogP contribution in [-0.2, 0) is 49.5 Å². The van der Waals surface area contributed by atoms with Crippen molar-refractivity contribution in [1.29, 1.82) is 0 Å². The third-order valence-electron chi connectivity index (χ3n) is 15.4. The van der Waals surface area contributed by atoms with E-state index in [4.69, 9.17) is 36.6 Å². The normalized spacial score (nSPS) is 19.7. The van der Waals surface area contributed by atoms with Crippen molar-refractivity contribution in [3.8, 4) is 0 Å². The molecule has 2 aliphatic rings. The molecule has 0 aromatic heterocycles. The third-order valence-corrected chi connectivity index (χ3v) is 15.4. The van der Waals surface area contributed by atoms with Gasteiger partial charge in [-0.2, -0.15) is 13.2 Å². The number of ether oxygens (including phenoxy) is 2. The number of carboxylic acid groups (broad SMARTS) is 1. The van der Waals surface area contributed by atoms with E-state index in [-0.39, 0.29) is 65.9 Å². The Kier molecular flexibility index (Phi) is 26.7. The Hall–Kier alpha value is -5.00. The Morgan fingerprint density at radius 1 is 0.855 bits per heavy atom. The van der Waals surface area contributed by atoms with Gasteiger partial charge in [0, 0.05) is 83.8 Å². The van der Waals surface area contributed by atoms with Gasteiger partial charge in [0.1, 0.15) is 6.54 Å². The predicted octanol–water partition coefficient (Wildman–Crippen LogP) is 3.82. The monoisotopic (exact) mass is 1080 g/mol. The lowest BCUT2D eigenvalue weighted by molar-refractivity contribution is -0.192. The predicted molar refractivity (Wildman–Crippen MR) is 284 cm³/mol. The molecule has 0 radical (unpaired) electrons. The molecule has 2 heterocycles. The van der Waals surface area contributed by atoms with Crippen molar-refractivity contribution in [3.05, 3.63) is 47.5 Å². The van der Waals surface area contributed by atoms with Crippen LogP contribution in [0.5, 0.6) is 0 Å². The number of halogens is 3. The number of hydrogen-bond donors (Lipinski definition) is 5. The number of rotatable bonds is 27. The quantitative estimate of drug-likeness (QED) is 0.0785. The molecule has 3 unspecified atom stereocenters. The molecule has 22 heteroatoms. The lowest BCUT2D eigenvalue weighted by atomic mass is 9.79. The van der Waals surface area contributed by atoms with Crippen LogP contribution in [-0.4, -0.2) is 188 Å². The SMILES string of the molecule is CC[C@H](C)[C@@H]([C@@H](CC(=O)N1CCC[C@H]1[C@H](OC)[C@@H](C)C(=O)N(C)CCc1cccc(C(N)[C@H](C)C(N)[C@H](C)NC(=O)CN2C(=O)C=CC2=O)c1)OC)N(C)C(=O)[C@@H](C(C)C)C(N)[C@H](C(C)C)N(C)C.O=C(O)C(F)(F)F. The van der Waals surface area contributed by atoms with Gasteiger partial charge in [-0.1, -0.05) is 86.1 Å². The molecule has 1 aromatic rings. The maximum absolute atomic E-state index is 14.6. The van der Waals surface area contributed by atoms with Crippen molar-refractivity contribution in [1.82, 2.24) is 29.8 Å². The van der Waals surface area contributed by atoms with E-state index in [1.807, 2.05) is 78.0 Å². The van der Waals surface area contributed by atoms with Gasteiger partial charge in [-0.25, -0.2) is 4.79 Å². The average molecular weight is 1080 g/mol. The van der Waals surface area contributed by atoms with Gasteiger partial charge < -0.3 is 56.7 Å². The summed E-state index contributed by atoms with van der Waals surface area (Å²) < 4.78 is 43.9. The van der Waals surface area contributed by atoms with Crippen LogP contribution in [0.2, 0.25) is 0 Å². The number of likely N-dealkylation sites (N-methyl/N-ethyl adjacent to an activating group) is 3. The molecule has 1 fully saturated rings. The van der Waals surface area contributed by atoms with E-state index in [9.17, 15) is 41.9 Å². The van der Waals surface area contributed by atoms with Crippen molar-refractivity contribution >= 4 is 41.4 Å². The number of imide groups is 1. The smallest absolute Gasteiger partial charge is 0.475 e. The van der Waals surface area contributed by atoms with Crippen LogP contribution in [0, 0.1) is 35.5 Å². The van der Waals surface area contributed by atoms with Crippen LogP contribution in [0.15, 0.2) is 36.4 Å². The Labute approximate surface area is 448 Å². The van der Waals surface area contributed by atoms with Crippen LogP contribution in [0.3, 0.4) is 0 Å². The van der Waals surface area contributed by atoms with Crippen LogP contribution in [0.4, 0.5) is 13.2 Å². The van der Waals surface area contributed by atoms with Crippen LogP contribution < -0.4 is 22.5 Å². The van der Waals surface area contributed by atoms with Gasteiger partial charge >= 0.3 is 12.1 Å². The zero-order valence-electron chi connectivity index (χ0n) is 47.5. The fourth-order valence-electron chi connectivity index (χ4n) is 10.9. The summed E-state index contributed by atoms with van der Waals surface area (Å²) in [6.45, 7) is 18.6. The van der Waals surface area contributed by atoms with Crippen LogP contribution in [0.25, 0.3) is 0 Å². The molecule has 432 valence electrons. The number of alkyl halides is 3. The van der Waals surface area contributed by atoms with Crippen LogP contribution >= 0.6 is 0 Å². The molecule has 6 amide bonds. The number of nitrogens with one attached hydrogen (secondary N) is 1. The first-order valence-corrected chi connectivity index (χ1v) is 26.3. The molecule has 0 aliphatic carbocycles. The summed E-state index contributed by atoms with van der Waals surface area (Å²) in [7, 11) is 10.8. The van der Waals surface area contributed by atoms with Gasteiger partial charge in [-0.3, -0.25) is 33.7 Å². The number of carboxylic acids is 1. The molecule has 0 spiro atoms.